The zero-order valence-electron chi connectivity index (χ0n) is 12.6. The van der Waals surface area contributed by atoms with E-state index in [1.165, 1.54) is 36.2 Å². The number of fused-ring (bicyclic) bond motifs is 4. The van der Waals surface area contributed by atoms with E-state index in [2.05, 4.69) is 71.7 Å². The molecule has 1 heterocycles. The molecule has 0 bridgehead atoms. The second-order valence-corrected chi connectivity index (χ2v) is 7.97. The molecule has 0 unspecified atom stereocenters. The van der Waals surface area contributed by atoms with Crippen molar-refractivity contribution in [2.45, 2.75) is 0 Å². The zero-order valence-corrected chi connectivity index (χ0v) is 14.8. The number of halogens is 1. The Labute approximate surface area is 145 Å². The fourth-order valence-corrected chi connectivity index (χ4v) is 4.97. The molecule has 0 saturated heterocycles. The van der Waals surface area contributed by atoms with Crippen LogP contribution < -0.4 is 25.9 Å². The molecular formula is C21H14IO-. The molecule has 112 valence electrons. The number of para-hydroxylation sites is 1. The van der Waals surface area contributed by atoms with Gasteiger partial charge in [-0.3, -0.25) is 0 Å². The minimum absolute atomic E-state index is 0.0183. The number of ether oxygens (including phenoxy) is 1. The molecule has 1 nitrogen and oxygen atoms in total. The Morgan fingerprint density at radius 2 is 1.57 bits per heavy atom. The van der Waals surface area contributed by atoms with Crippen LogP contribution in [0.3, 0.4) is 0 Å². The van der Waals surface area contributed by atoms with E-state index < -0.39 is 0 Å². The van der Waals surface area contributed by atoms with Crippen molar-refractivity contribution in [2.24, 2.45) is 0 Å². The average molecular weight is 409 g/mol. The maximum atomic E-state index is 6.41. The van der Waals surface area contributed by atoms with Gasteiger partial charge in [-0.2, -0.15) is 0 Å². The molecule has 0 fully saturated rings. The number of alkyl halides is 1. The van der Waals surface area contributed by atoms with Crippen molar-refractivity contribution < 1.29 is 25.9 Å². The second-order valence-electron chi connectivity index (χ2n) is 5.73. The molecule has 0 N–H and O–H groups in total. The normalized spacial score (nSPS) is 12.4. The van der Waals surface area contributed by atoms with Crippen LogP contribution in [0.15, 0.2) is 66.7 Å². The van der Waals surface area contributed by atoms with Crippen LogP contribution in [0.4, 0.5) is 0 Å². The van der Waals surface area contributed by atoms with Gasteiger partial charge in [0.25, 0.3) is 0 Å². The topological polar surface area (TPSA) is 9.23 Å². The molecule has 0 aromatic heterocycles. The van der Waals surface area contributed by atoms with Crippen LogP contribution >= 0.6 is 0 Å². The Bertz CT molecular complexity index is 1080. The summed E-state index contributed by atoms with van der Waals surface area (Å²) in [4.78, 5) is 2.29. The summed E-state index contributed by atoms with van der Waals surface area (Å²) < 4.78 is 7.78. The minimum atomic E-state index is -0.0183. The Hall–Kier alpha value is -2.07. The van der Waals surface area contributed by atoms with E-state index in [4.69, 9.17) is 4.74 Å². The fourth-order valence-electron chi connectivity index (χ4n) is 3.51. The first-order chi connectivity index (χ1) is 11.4. The summed E-state index contributed by atoms with van der Waals surface area (Å²) >= 11 is -0.0183. The molecule has 4 aromatic rings. The molecule has 4 aromatic carbocycles. The summed E-state index contributed by atoms with van der Waals surface area (Å²) in [6, 6.07) is 23.9. The maximum absolute atomic E-state index is 6.41. The predicted molar refractivity (Wildman–Crippen MR) is 91.6 cm³/mol. The van der Waals surface area contributed by atoms with Crippen LogP contribution in [0.5, 0.6) is 11.5 Å². The summed E-state index contributed by atoms with van der Waals surface area (Å²) in [5.41, 5.74) is 2.53. The van der Waals surface area contributed by atoms with E-state index >= 15 is 0 Å². The molecule has 0 atom stereocenters. The van der Waals surface area contributed by atoms with E-state index in [-0.39, 0.29) is 21.2 Å². The summed E-state index contributed by atoms with van der Waals surface area (Å²) in [7, 11) is 0. The van der Waals surface area contributed by atoms with Gasteiger partial charge in [0.1, 0.15) is 0 Å². The van der Waals surface area contributed by atoms with Crippen LogP contribution in [-0.2, 0) is 0 Å². The Morgan fingerprint density at radius 1 is 0.783 bits per heavy atom. The first-order valence-electron chi connectivity index (χ1n) is 7.62. The van der Waals surface area contributed by atoms with Gasteiger partial charge in [0.15, 0.2) is 0 Å². The van der Waals surface area contributed by atoms with Gasteiger partial charge in [0.2, 0.25) is 0 Å². The summed E-state index contributed by atoms with van der Waals surface area (Å²) in [5, 5.41) is 5.04. The summed E-state index contributed by atoms with van der Waals surface area (Å²) in [6.45, 7) is 0. The van der Waals surface area contributed by atoms with E-state index in [0.29, 0.717) is 0 Å². The Morgan fingerprint density at radius 3 is 2.48 bits per heavy atom. The first-order valence-corrected chi connectivity index (χ1v) is 10.9. The van der Waals surface area contributed by atoms with Crippen LogP contribution in [0.2, 0.25) is 0 Å². The summed E-state index contributed by atoms with van der Waals surface area (Å²) in [5.74, 6) is 2.06. The standard InChI is InChI=1S/C21H14IO/c1-22-18-11-5-10-17-16-9-4-8-15-14-7-3-2-6-13(14)12-19(20(15)16)23-21(17)18/h2-12H,1H3/q-1. The van der Waals surface area contributed by atoms with Crippen molar-refractivity contribution >= 4 is 21.5 Å². The molecule has 1 aliphatic rings. The molecule has 2 heteroatoms. The molecule has 0 saturated carbocycles. The van der Waals surface area contributed by atoms with Crippen LogP contribution in [0.25, 0.3) is 32.7 Å². The van der Waals surface area contributed by atoms with Gasteiger partial charge in [-0.1, -0.05) is 0 Å². The van der Waals surface area contributed by atoms with Gasteiger partial charge in [-0.15, -0.1) is 0 Å². The van der Waals surface area contributed by atoms with Gasteiger partial charge < -0.3 is 0 Å². The second kappa shape index (κ2) is 4.96. The number of hydrogen-bond acceptors (Lipinski definition) is 1. The van der Waals surface area contributed by atoms with Crippen LogP contribution in [0.1, 0.15) is 0 Å². The third-order valence-electron chi connectivity index (χ3n) is 4.52. The molecule has 0 spiro atoms. The van der Waals surface area contributed by atoms with Crippen molar-refractivity contribution in [3.05, 3.63) is 70.3 Å². The van der Waals surface area contributed by atoms with Crippen molar-refractivity contribution in [1.29, 1.82) is 0 Å². The number of hydrogen-bond donors (Lipinski definition) is 0. The molecule has 23 heavy (non-hydrogen) atoms. The molecule has 0 amide bonds. The Balaban J connectivity index is 1.98. The third kappa shape index (κ3) is 1.84. The van der Waals surface area contributed by atoms with Gasteiger partial charge in [0.05, 0.1) is 0 Å². The summed E-state index contributed by atoms with van der Waals surface area (Å²) in [6.07, 6.45) is 0. The van der Waals surface area contributed by atoms with E-state index in [1.54, 1.807) is 0 Å². The van der Waals surface area contributed by atoms with Gasteiger partial charge in [-0.05, 0) is 0 Å². The Kier molecular flexibility index (Phi) is 2.89. The molecule has 0 aliphatic carbocycles. The van der Waals surface area contributed by atoms with Crippen molar-refractivity contribution in [2.75, 3.05) is 4.93 Å². The van der Waals surface area contributed by atoms with Crippen LogP contribution in [-0.4, -0.2) is 4.93 Å². The molecular weight excluding hydrogens is 395 g/mol. The van der Waals surface area contributed by atoms with Gasteiger partial charge in [0, 0.05) is 0 Å². The van der Waals surface area contributed by atoms with E-state index in [9.17, 15) is 0 Å². The first kappa shape index (κ1) is 13.4. The molecule has 5 rings (SSSR count). The zero-order chi connectivity index (χ0) is 15.4. The van der Waals surface area contributed by atoms with Crippen molar-refractivity contribution in [1.82, 2.24) is 0 Å². The van der Waals surface area contributed by atoms with E-state index in [1.807, 2.05) is 0 Å². The number of benzene rings is 4. The average Bonchev–Trinajstić information content (AvgIpc) is 2.61. The van der Waals surface area contributed by atoms with Gasteiger partial charge in [-0.25, -0.2) is 0 Å². The molecule has 0 radical (unpaired) electrons. The SMILES string of the molecule is C[I-]c1cccc2c1Oc1cc3ccccc3c3cccc-2c13. The fraction of sp³-hybridized carbons (Fsp3) is 0.0476. The quantitative estimate of drug-likeness (QED) is 0.235. The predicted octanol–water partition coefficient (Wildman–Crippen LogP) is 2.65. The third-order valence-corrected chi connectivity index (χ3v) is 6.53. The van der Waals surface area contributed by atoms with Crippen molar-refractivity contribution in [3.8, 4) is 22.6 Å². The number of rotatable bonds is 1. The van der Waals surface area contributed by atoms with E-state index in [0.717, 1.165) is 11.5 Å². The monoisotopic (exact) mass is 409 g/mol. The van der Waals surface area contributed by atoms with Gasteiger partial charge >= 0.3 is 145 Å². The van der Waals surface area contributed by atoms with Crippen LogP contribution in [0, 0.1) is 3.57 Å². The molecule has 1 aliphatic heterocycles. The van der Waals surface area contributed by atoms with Crippen molar-refractivity contribution in [3.63, 3.8) is 0 Å².